The highest BCUT2D eigenvalue weighted by atomic mass is 16.5. The molecule has 2 saturated heterocycles. The van der Waals surface area contributed by atoms with E-state index in [0.717, 1.165) is 88.9 Å². The summed E-state index contributed by atoms with van der Waals surface area (Å²) >= 11 is 0. The maximum absolute atomic E-state index is 11.9. The summed E-state index contributed by atoms with van der Waals surface area (Å²) in [6, 6.07) is 0.462. The van der Waals surface area contributed by atoms with Crippen molar-refractivity contribution in [3.63, 3.8) is 0 Å². The van der Waals surface area contributed by atoms with Gasteiger partial charge < -0.3 is 24.8 Å². The summed E-state index contributed by atoms with van der Waals surface area (Å²) in [5, 5.41) is 6.94. The molecule has 10 heteroatoms. The number of aromatic nitrogens is 4. The molecule has 1 aliphatic carbocycles. The molecule has 0 bridgehead atoms. The van der Waals surface area contributed by atoms with Gasteiger partial charge in [0.05, 0.1) is 19.5 Å². The third kappa shape index (κ3) is 5.60. The molecule has 186 valence electrons. The van der Waals surface area contributed by atoms with Crippen molar-refractivity contribution in [1.29, 1.82) is 0 Å². The van der Waals surface area contributed by atoms with Gasteiger partial charge in [0.2, 0.25) is 11.9 Å². The lowest BCUT2D eigenvalue weighted by Gasteiger charge is -2.26. The molecule has 34 heavy (non-hydrogen) atoms. The predicted octanol–water partition coefficient (Wildman–Crippen LogP) is 2.50. The van der Waals surface area contributed by atoms with E-state index < -0.39 is 0 Å². The maximum atomic E-state index is 11.9. The van der Waals surface area contributed by atoms with Crippen LogP contribution in [0.25, 0.3) is 11.2 Å². The van der Waals surface area contributed by atoms with Gasteiger partial charge in [0.1, 0.15) is 0 Å². The van der Waals surface area contributed by atoms with Crippen molar-refractivity contribution in [3.05, 3.63) is 6.33 Å². The first kappa shape index (κ1) is 23.3. The number of carbonyl (C=O) groups is 1. The zero-order chi connectivity index (χ0) is 23.2. The molecule has 5 rings (SSSR count). The Morgan fingerprint density at radius 2 is 1.82 bits per heavy atom. The van der Waals surface area contributed by atoms with Gasteiger partial charge >= 0.3 is 0 Å². The molecule has 1 amide bonds. The highest BCUT2D eigenvalue weighted by Gasteiger charge is 2.22. The minimum Gasteiger partial charge on any atom is -0.379 e. The molecule has 0 atom stereocenters. The second-order valence-corrected chi connectivity index (χ2v) is 9.66. The van der Waals surface area contributed by atoms with Crippen molar-refractivity contribution in [1.82, 2.24) is 29.3 Å². The predicted molar refractivity (Wildman–Crippen MR) is 132 cm³/mol. The summed E-state index contributed by atoms with van der Waals surface area (Å²) in [5.74, 6) is 1.71. The SMILES string of the molecule is O=C1CCCN1CCCNc1nc(NCCN2CCOCC2)nc2c1ncn2C1CCCCC1. The van der Waals surface area contributed by atoms with Gasteiger partial charge in [-0.3, -0.25) is 9.69 Å². The molecule has 2 N–H and O–H groups in total. The Kier molecular flexibility index (Phi) is 7.75. The van der Waals surface area contributed by atoms with Gasteiger partial charge in [0.15, 0.2) is 17.0 Å². The highest BCUT2D eigenvalue weighted by Crippen LogP contribution is 2.32. The van der Waals surface area contributed by atoms with Crippen molar-refractivity contribution in [2.24, 2.45) is 0 Å². The smallest absolute Gasteiger partial charge is 0.226 e. The molecular weight excluding hydrogens is 432 g/mol. The fraction of sp³-hybridized carbons (Fsp3) is 0.750. The highest BCUT2D eigenvalue weighted by molar-refractivity contribution is 5.84. The fourth-order valence-electron chi connectivity index (χ4n) is 5.31. The largest absolute Gasteiger partial charge is 0.379 e. The van der Waals surface area contributed by atoms with E-state index in [1.807, 2.05) is 11.2 Å². The van der Waals surface area contributed by atoms with Crippen LogP contribution in [0.4, 0.5) is 11.8 Å². The van der Waals surface area contributed by atoms with Crippen LogP contribution in [0.5, 0.6) is 0 Å². The van der Waals surface area contributed by atoms with E-state index in [0.29, 0.717) is 18.4 Å². The molecule has 10 nitrogen and oxygen atoms in total. The van der Waals surface area contributed by atoms with Crippen LogP contribution < -0.4 is 10.6 Å². The number of likely N-dealkylation sites (tertiary alicyclic amines) is 1. The van der Waals surface area contributed by atoms with E-state index in [1.54, 1.807) is 0 Å². The van der Waals surface area contributed by atoms with Gasteiger partial charge in [-0.05, 0) is 25.7 Å². The van der Waals surface area contributed by atoms with E-state index >= 15 is 0 Å². The van der Waals surface area contributed by atoms with Crippen LogP contribution in [-0.4, -0.2) is 94.3 Å². The number of morpholine rings is 1. The van der Waals surface area contributed by atoms with E-state index in [9.17, 15) is 4.79 Å². The summed E-state index contributed by atoms with van der Waals surface area (Å²) in [4.78, 5) is 30.7. The van der Waals surface area contributed by atoms with Crippen LogP contribution in [0.1, 0.15) is 57.4 Å². The second-order valence-electron chi connectivity index (χ2n) is 9.66. The van der Waals surface area contributed by atoms with Crippen LogP contribution >= 0.6 is 0 Å². The first-order valence-corrected chi connectivity index (χ1v) is 13.1. The lowest BCUT2D eigenvalue weighted by atomic mass is 9.95. The van der Waals surface area contributed by atoms with E-state index in [4.69, 9.17) is 19.7 Å². The standard InChI is InChI=1S/C24H38N8O2/c33-20-8-4-11-31(20)12-5-9-25-22-21-23(32(18-27-21)19-6-2-1-3-7-19)29-24(28-22)26-10-13-30-14-16-34-17-15-30/h18-19H,1-17H2,(H2,25,26,28,29). The van der Waals surface area contributed by atoms with Gasteiger partial charge in [-0.2, -0.15) is 9.97 Å². The topological polar surface area (TPSA) is 100 Å². The van der Waals surface area contributed by atoms with Crippen molar-refractivity contribution in [3.8, 4) is 0 Å². The number of nitrogens with one attached hydrogen (secondary N) is 2. The monoisotopic (exact) mass is 470 g/mol. The van der Waals surface area contributed by atoms with Gasteiger partial charge in [-0.15, -0.1) is 0 Å². The first-order valence-electron chi connectivity index (χ1n) is 13.1. The molecule has 0 spiro atoms. The average Bonchev–Trinajstić information content (AvgIpc) is 3.49. The summed E-state index contributed by atoms with van der Waals surface area (Å²) in [6.45, 7) is 7.73. The lowest BCUT2D eigenvalue weighted by Crippen LogP contribution is -2.39. The molecule has 0 aromatic carbocycles. The number of amides is 1. The normalized spacial score (nSPS) is 20.4. The Labute approximate surface area is 201 Å². The van der Waals surface area contributed by atoms with Crippen LogP contribution in [-0.2, 0) is 9.53 Å². The minimum absolute atomic E-state index is 0.280. The summed E-state index contributed by atoms with van der Waals surface area (Å²) < 4.78 is 7.71. The van der Waals surface area contributed by atoms with E-state index in [-0.39, 0.29) is 5.91 Å². The number of hydrogen-bond donors (Lipinski definition) is 2. The Hall–Kier alpha value is -2.46. The molecule has 1 saturated carbocycles. The number of anilines is 2. The minimum atomic E-state index is 0.280. The van der Waals surface area contributed by atoms with Crippen LogP contribution in [0.2, 0.25) is 0 Å². The van der Waals surface area contributed by atoms with Crippen LogP contribution in [0.3, 0.4) is 0 Å². The van der Waals surface area contributed by atoms with Crippen molar-refractivity contribution < 1.29 is 9.53 Å². The fourth-order valence-corrected chi connectivity index (χ4v) is 5.31. The number of hydrogen-bond acceptors (Lipinski definition) is 8. The Bertz CT molecular complexity index is 952. The molecule has 4 heterocycles. The van der Waals surface area contributed by atoms with Crippen LogP contribution in [0, 0.1) is 0 Å². The first-order chi connectivity index (χ1) is 16.8. The Morgan fingerprint density at radius 3 is 2.62 bits per heavy atom. The van der Waals surface area contributed by atoms with Gasteiger partial charge in [-0.25, -0.2) is 4.98 Å². The zero-order valence-electron chi connectivity index (χ0n) is 20.2. The third-order valence-corrected chi connectivity index (χ3v) is 7.27. The number of rotatable bonds is 10. The molecule has 2 aromatic heterocycles. The average molecular weight is 471 g/mol. The van der Waals surface area contributed by atoms with Gasteiger partial charge in [0.25, 0.3) is 0 Å². The molecular formula is C24H38N8O2. The van der Waals surface area contributed by atoms with Crippen LogP contribution in [0.15, 0.2) is 6.33 Å². The lowest BCUT2D eigenvalue weighted by molar-refractivity contribution is -0.127. The van der Waals surface area contributed by atoms with Gasteiger partial charge in [0, 0.05) is 58.3 Å². The maximum Gasteiger partial charge on any atom is 0.226 e. The molecule has 3 aliphatic rings. The summed E-state index contributed by atoms with van der Waals surface area (Å²) in [7, 11) is 0. The van der Waals surface area contributed by atoms with E-state index in [1.165, 1.54) is 32.1 Å². The van der Waals surface area contributed by atoms with Crippen molar-refractivity contribution in [2.75, 3.05) is 69.7 Å². The quantitative estimate of drug-likeness (QED) is 0.511. The van der Waals surface area contributed by atoms with Crippen molar-refractivity contribution >= 4 is 28.8 Å². The third-order valence-electron chi connectivity index (χ3n) is 7.27. The zero-order valence-corrected chi connectivity index (χ0v) is 20.2. The molecule has 2 aromatic rings. The molecule has 2 aliphatic heterocycles. The molecule has 0 unspecified atom stereocenters. The number of nitrogens with zero attached hydrogens (tertiary/aromatic N) is 6. The number of fused-ring (bicyclic) bond motifs is 1. The number of ether oxygens (including phenoxy) is 1. The Balaban J connectivity index is 1.27. The molecule has 0 radical (unpaired) electrons. The Morgan fingerprint density at radius 1 is 0.971 bits per heavy atom. The van der Waals surface area contributed by atoms with Gasteiger partial charge in [-0.1, -0.05) is 19.3 Å². The summed E-state index contributed by atoms with van der Waals surface area (Å²) in [6.07, 6.45) is 10.7. The summed E-state index contributed by atoms with van der Waals surface area (Å²) in [5.41, 5.74) is 1.74. The van der Waals surface area contributed by atoms with Crippen molar-refractivity contribution in [2.45, 2.75) is 57.4 Å². The number of imidazole rings is 1. The molecule has 3 fully saturated rings. The van der Waals surface area contributed by atoms with E-state index in [2.05, 4.69) is 20.1 Å². The number of carbonyl (C=O) groups excluding carboxylic acids is 1. The second kappa shape index (κ2) is 11.3.